The predicted octanol–water partition coefficient (Wildman–Crippen LogP) is 2.09. The summed E-state index contributed by atoms with van der Waals surface area (Å²) in [5.74, 6) is -0.835. The molecule has 104 valence electrons. The zero-order valence-corrected chi connectivity index (χ0v) is 11.4. The molecule has 1 heterocycles. The van der Waals surface area contributed by atoms with Gasteiger partial charge >= 0.3 is 6.03 Å². The van der Waals surface area contributed by atoms with E-state index in [0.29, 0.717) is 17.9 Å². The number of nitrogens with one attached hydrogen (secondary N) is 1. The molecule has 1 aromatic carbocycles. The summed E-state index contributed by atoms with van der Waals surface area (Å²) in [7, 11) is 0. The lowest BCUT2D eigenvalue weighted by Gasteiger charge is -2.44. The van der Waals surface area contributed by atoms with E-state index in [2.05, 4.69) is 5.32 Å². The fourth-order valence-electron chi connectivity index (χ4n) is 2.62. The molecular formula is C14H13ClN2O3. The second-order valence-electron chi connectivity index (χ2n) is 5.21. The van der Waals surface area contributed by atoms with Gasteiger partial charge in [0.25, 0.3) is 0 Å². The van der Waals surface area contributed by atoms with Crippen molar-refractivity contribution >= 4 is 29.4 Å². The first-order valence-electron chi connectivity index (χ1n) is 6.45. The Labute approximate surface area is 120 Å². The van der Waals surface area contributed by atoms with Gasteiger partial charge in [0, 0.05) is 5.02 Å². The summed E-state index contributed by atoms with van der Waals surface area (Å²) in [5.41, 5.74) is -0.220. The Hall–Kier alpha value is -1.88. The highest BCUT2D eigenvalue weighted by molar-refractivity contribution is 6.30. The van der Waals surface area contributed by atoms with Gasteiger partial charge in [-0.1, -0.05) is 30.2 Å². The zero-order chi connectivity index (χ0) is 14.3. The number of carbonyl (C=O) groups is 3. The molecule has 1 aromatic rings. The number of nitrogens with zero attached hydrogens (tertiary/aromatic N) is 1. The lowest BCUT2D eigenvalue weighted by Crippen LogP contribution is -2.65. The largest absolute Gasteiger partial charge is 0.331 e. The highest BCUT2D eigenvalue weighted by atomic mass is 35.5. The van der Waals surface area contributed by atoms with Crippen LogP contribution in [0.4, 0.5) is 4.79 Å². The van der Waals surface area contributed by atoms with Crippen LogP contribution in [0.3, 0.4) is 0 Å². The zero-order valence-electron chi connectivity index (χ0n) is 10.7. The van der Waals surface area contributed by atoms with Crippen molar-refractivity contribution in [1.82, 2.24) is 10.2 Å². The first-order chi connectivity index (χ1) is 9.53. The van der Waals surface area contributed by atoms with Gasteiger partial charge in [-0.2, -0.15) is 0 Å². The van der Waals surface area contributed by atoms with Crippen LogP contribution in [-0.4, -0.2) is 22.7 Å². The average molecular weight is 293 g/mol. The van der Waals surface area contributed by atoms with Gasteiger partial charge in [-0.05, 0) is 30.5 Å². The third-order valence-corrected chi connectivity index (χ3v) is 4.27. The second kappa shape index (κ2) is 4.59. The van der Waals surface area contributed by atoms with Gasteiger partial charge in [0.05, 0.1) is 6.54 Å². The van der Waals surface area contributed by atoms with E-state index in [9.17, 15) is 14.4 Å². The molecule has 4 amide bonds. The molecule has 2 fully saturated rings. The first-order valence-corrected chi connectivity index (χ1v) is 6.82. The quantitative estimate of drug-likeness (QED) is 0.849. The number of urea groups is 1. The SMILES string of the molecule is O=C1NC(=O)C2(CCC2)C(=O)N1Cc1ccc(Cl)cc1. The van der Waals surface area contributed by atoms with Crippen LogP contribution in [0, 0.1) is 5.41 Å². The Morgan fingerprint density at radius 1 is 1.15 bits per heavy atom. The van der Waals surface area contributed by atoms with Crippen molar-refractivity contribution in [3.05, 3.63) is 34.9 Å². The Bertz CT molecular complexity index is 593. The number of benzene rings is 1. The number of carbonyl (C=O) groups excluding carboxylic acids is 3. The molecule has 0 radical (unpaired) electrons. The molecule has 0 unspecified atom stereocenters. The number of barbiturate groups is 1. The lowest BCUT2D eigenvalue weighted by molar-refractivity contribution is -0.158. The van der Waals surface area contributed by atoms with Crippen LogP contribution in [0.1, 0.15) is 24.8 Å². The van der Waals surface area contributed by atoms with Gasteiger partial charge in [0.2, 0.25) is 11.8 Å². The Morgan fingerprint density at radius 2 is 1.80 bits per heavy atom. The van der Waals surface area contributed by atoms with E-state index in [1.807, 2.05) is 0 Å². The van der Waals surface area contributed by atoms with Crippen LogP contribution in [0.2, 0.25) is 5.02 Å². The minimum Gasteiger partial charge on any atom is -0.277 e. The molecule has 1 aliphatic carbocycles. The lowest BCUT2D eigenvalue weighted by atomic mass is 9.66. The molecule has 5 nitrogen and oxygen atoms in total. The molecule has 0 atom stereocenters. The van der Waals surface area contributed by atoms with E-state index >= 15 is 0 Å². The Morgan fingerprint density at radius 3 is 2.35 bits per heavy atom. The van der Waals surface area contributed by atoms with Crippen molar-refractivity contribution in [2.45, 2.75) is 25.8 Å². The smallest absolute Gasteiger partial charge is 0.277 e. The van der Waals surface area contributed by atoms with Crippen molar-refractivity contribution in [2.24, 2.45) is 5.41 Å². The molecule has 1 N–H and O–H groups in total. The minimum atomic E-state index is -1.01. The van der Waals surface area contributed by atoms with Crippen LogP contribution in [-0.2, 0) is 16.1 Å². The first kappa shape index (κ1) is 13.1. The molecule has 1 spiro atoms. The number of rotatable bonds is 2. The van der Waals surface area contributed by atoms with E-state index in [1.54, 1.807) is 24.3 Å². The average Bonchev–Trinajstić information content (AvgIpc) is 2.35. The van der Waals surface area contributed by atoms with Crippen molar-refractivity contribution in [1.29, 1.82) is 0 Å². The minimum absolute atomic E-state index is 0.150. The molecule has 0 bridgehead atoms. The number of amides is 4. The van der Waals surface area contributed by atoms with Gasteiger partial charge in [0.1, 0.15) is 5.41 Å². The fraction of sp³-hybridized carbons (Fsp3) is 0.357. The molecule has 20 heavy (non-hydrogen) atoms. The van der Waals surface area contributed by atoms with Crippen molar-refractivity contribution < 1.29 is 14.4 Å². The van der Waals surface area contributed by atoms with Gasteiger partial charge < -0.3 is 0 Å². The fourth-order valence-corrected chi connectivity index (χ4v) is 2.75. The third kappa shape index (κ3) is 1.89. The summed E-state index contributed by atoms with van der Waals surface area (Å²) >= 11 is 5.80. The summed E-state index contributed by atoms with van der Waals surface area (Å²) < 4.78 is 0. The summed E-state index contributed by atoms with van der Waals surface area (Å²) in [6, 6.07) is 6.27. The number of imide groups is 2. The van der Waals surface area contributed by atoms with Gasteiger partial charge in [-0.3, -0.25) is 19.8 Å². The van der Waals surface area contributed by atoms with Crippen LogP contribution in [0.25, 0.3) is 0 Å². The highest BCUT2D eigenvalue weighted by Gasteiger charge is 2.57. The van der Waals surface area contributed by atoms with E-state index in [0.717, 1.165) is 16.9 Å². The van der Waals surface area contributed by atoms with E-state index in [1.165, 1.54) is 0 Å². The molecule has 1 saturated heterocycles. The third-order valence-electron chi connectivity index (χ3n) is 4.02. The van der Waals surface area contributed by atoms with Crippen molar-refractivity contribution in [2.75, 3.05) is 0 Å². The van der Waals surface area contributed by atoms with Crippen LogP contribution in [0.5, 0.6) is 0 Å². The summed E-state index contributed by atoms with van der Waals surface area (Å²) in [6.07, 6.45) is 1.87. The second-order valence-corrected chi connectivity index (χ2v) is 5.65. The van der Waals surface area contributed by atoms with Crippen LogP contribution < -0.4 is 5.32 Å². The maximum absolute atomic E-state index is 12.4. The topological polar surface area (TPSA) is 66.5 Å². The van der Waals surface area contributed by atoms with E-state index in [4.69, 9.17) is 11.6 Å². The summed E-state index contributed by atoms with van der Waals surface area (Å²) in [4.78, 5) is 37.3. The van der Waals surface area contributed by atoms with Crippen molar-refractivity contribution in [3.8, 4) is 0 Å². The normalized spacial score (nSPS) is 20.9. The Balaban J connectivity index is 1.84. The molecule has 1 saturated carbocycles. The molecule has 0 aromatic heterocycles. The van der Waals surface area contributed by atoms with Crippen LogP contribution in [0.15, 0.2) is 24.3 Å². The molecule has 1 aliphatic heterocycles. The van der Waals surface area contributed by atoms with Crippen LogP contribution >= 0.6 is 11.6 Å². The van der Waals surface area contributed by atoms with Gasteiger partial charge in [-0.15, -0.1) is 0 Å². The van der Waals surface area contributed by atoms with Crippen molar-refractivity contribution in [3.63, 3.8) is 0 Å². The molecule has 2 aliphatic rings. The summed E-state index contributed by atoms with van der Waals surface area (Å²) in [5, 5.41) is 2.88. The van der Waals surface area contributed by atoms with E-state index < -0.39 is 17.4 Å². The molecule has 3 rings (SSSR count). The molecule has 6 heteroatoms. The standard InChI is InChI=1S/C14H13ClN2O3/c15-10-4-2-9(3-5-10)8-17-12(19)14(6-1-7-14)11(18)16-13(17)20/h2-5H,1,6-8H2,(H,16,18,20). The van der Waals surface area contributed by atoms with Gasteiger partial charge in [0.15, 0.2) is 0 Å². The number of halogens is 1. The maximum atomic E-state index is 12.4. The van der Waals surface area contributed by atoms with E-state index in [-0.39, 0.29) is 12.5 Å². The highest BCUT2D eigenvalue weighted by Crippen LogP contribution is 2.44. The Kier molecular flexibility index (Phi) is 3.01. The number of hydrogen-bond acceptors (Lipinski definition) is 3. The maximum Gasteiger partial charge on any atom is 0.331 e. The van der Waals surface area contributed by atoms with Gasteiger partial charge in [-0.25, -0.2) is 4.79 Å². The monoisotopic (exact) mass is 292 g/mol. The molecular weight excluding hydrogens is 280 g/mol. The summed E-state index contributed by atoms with van der Waals surface area (Å²) in [6.45, 7) is 0.150. The number of hydrogen-bond donors (Lipinski definition) is 1. The predicted molar refractivity (Wildman–Crippen MR) is 71.8 cm³/mol.